The molecule has 1 unspecified atom stereocenters. The number of aliphatic hydroxyl groups is 2. The van der Waals surface area contributed by atoms with Crippen molar-refractivity contribution >= 4 is 0 Å². The molecular weight excluding hydrogens is 152 g/mol. The van der Waals surface area contributed by atoms with E-state index in [2.05, 4.69) is 0 Å². The lowest BCUT2D eigenvalue weighted by Crippen LogP contribution is -2.45. The number of hydrogen-bond donors (Lipinski definition) is 2. The van der Waals surface area contributed by atoms with Gasteiger partial charge in [0.1, 0.15) is 0 Å². The smallest absolute Gasteiger partial charge is 0.0933 e. The van der Waals surface area contributed by atoms with Gasteiger partial charge in [0, 0.05) is 5.41 Å². The second-order valence-electron chi connectivity index (χ2n) is 4.53. The summed E-state index contributed by atoms with van der Waals surface area (Å²) in [5, 5.41) is 19.4. The van der Waals surface area contributed by atoms with Gasteiger partial charge in [-0.3, -0.25) is 0 Å². The zero-order valence-electron chi connectivity index (χ0n) is 7.55. The molecule has 2 saturated carbocycles. The number of rotatable bonds is 1. The number of hydrogen-bond acceptors (Lipinski definition) is 2. The summed E-state index contributed by atoms with van der Waals surface area (Å²) >= 11 is 0. The van der Waals surface area contributed by atoms with Crippen molar-refractivity contribution in [2.75, 3.05) is 6.61 Å². The zero-order chi connectivity index (χ0) is 8.66. The minimum atomic E-state index is -0.733. The topological polar surface area (TPSA) is 40.5 Å². The summed E-state index contributed by atoms with van der Waals surface area (Å²) in [6.07, 6.45) is 7.77. The lowest BCUT2D eigenvalue weighted by atomic mass is 9.73. The van der Waals surface area contributed by atoms with E-state index >= 15 is 0 Å². The van der Waals surface area contributed by atoms with Crippen LogP contribution in [0.2, 0.25) is 0 Å². The van der Waals surface area contributed by atoms with E-state index in [1.165, 1.54) is 12.8 Å². The van der Waals surface area contributed by atoms with Crippen molar-refractivity contribution in [1.29, 1.82) is 0 Å². The highest BCUT2D eigenvalue weighted by atomic mass is 16.3. The normalized spacial score (nSPS) is 39.5. The van der Waals surface area contributed by atoms with Crippen LogP contribution in [-0.2, 0) is 0 Å². The molecule has 0 bridgehead atoms. The molecule has 70 valence electrons. The summed E-state index contributed by atoms with van der Waals surface area (Å²) in [7, 11) is 0. The molecule has 0 radical (unpaired) electrons. The minimum Gasteiger partial charge on any atom is -0.393 e. The molecule has 2 aliphatic carbocycles. The number of aliphatic hydroxyl groups excluding tert-OH is 1. The lowest BCUT2D eigenvalue weighted by molar-refractivity contribution is -0.0941. The molecule has 0 heterocycles. The SMILES string of the molecule is OCC1(O)CCCC12CCCC2. The molecule has 2 heteroatoms. The highest BCUT2D eigenvalue weighted by Gasteiger charge is 2.54. The summed E-state index contributed by atoms with van der Waals surface area (Å²) in [5.41, 5.74) is -0.634. The molecule has 12 heavy (non-hydrogen) atoms. The molecule has 2 N–H and O–H groups in total. The summed E-state index contributed by atoms with van der Waals surface area (Å²) in [5.74, 6) is 0. The van der Waals surface area contributed by atoms with Crippen LogP contribution < -0.4 is 0 Å². The molecule has 0 amide bonds. The van der Waals surface area contributed by atoms with Crippen LogP contribution in [0, 0.1) is 5.41 Å². The fourth-order valence-electron chi connectivity index (χ4n) is 3.23. The van der Waals surface area contributed by atoms with Gasteiger partial charge >= 0.3 is 0 Å². The highest BCUT2D eigenvalue weighted by molar-refractivity contribution is 5.05. The van der Waals surface area contributed by atoms with Crippen LogP contribution in [0.15, 0.2) is 0 Å². The van der Waals surface area contributed by atoms with Gasteiger partial charge in [-0.25, -0.2) is 0 Å². The van der Waals surface area contributed by atoms with Gasteiger partial charge in [-0.2, -0.15) is 0 Å². The first-order chi connectivity index (χ1) is 5.72. The van der Waals surface area contributed by atoms with E-state index in [-0.39, 0.29) is 12.0 Å². The first-order valence-electron chi connectivity index (χ1n) is 5.06. The Hall–Kier alpha value is -0.0800. The van der Waals surface area contributed by atoms with Crippen molar-refractivity contribution in [1.82, 2.24) is 0 Å². The Balaban J connectivity index is 2.22. The van der Waals surface area contributed by atoms with Gasteiger partial charge in [0.05, 0.1) is 12.2 Å². The molecule has 0 aromatic rings. The van der Waals surface area contributed by atoms with E-state index in [0.717, 1.165) is 32.1 Å². The van der Waals surface area contributed by atoms with Gasteiger partial charge in [-0.05, 0) is 32.1 Å². The summed E-state index contributed by atoms with van der Waals surface area (Å²) in [4.78, 5) is 0. The molecule has 0 aromatic carbocycles. The van der Waals surface area contributed by atoms with E-state index in [1.54, 1.807) is 0 Å². The van der Waals surface area contributed by atoms with E-state index in [9.17, 15) is 10.2 Å². The van der Waals surface area contributed by atoms with Crippen molar-refractivity contribution < 1.29 is 10.2 Å². The maximum atomic E-state index is 10.2. The maximum Gasteiger partial charge on any atom is 0.0933 e. The summed E-state index contributed by atoms with van der Waals surface area (Å²) < 4.78 is 0. The molecular formula is C10H18O2. The molecule has 0 aromatic heterocycles. The van der Waals surface area contributed by atoms with Gasteiger partial charge in [-0.15, -0.1) is 0 Å². The van der Waals surface area contributed by atoms with Gasteiger partial charge in [0.25, 0.3) is 0 Å². The standard InChI is InChI=1S/C10H18O2/c11-8-10(12)7-3-6-9(10)4-1-2-5-9/h11-12H,1-8H2. The fraction of sp³-hybridized carbons (Fsp3) is 1.00. The van der Waals surface area contributed by atoms with Crippen LogP contribution in [0.4, 0.5) is 0 Å². The van der Waals surface area contributed by atoms with Crippen LogP contribution in [0.3, 0.4) is 0 Å². The molecule has 0 saturated heterocycles. The van der Waals surface area contributed by atoms with Crippen molar-refractivity contribution in [3.63, 3.8) is 0 Å². The molecule has 0 aliphatic heterocycles. The van der Waals surface area contributed by atoms with Crippen molar-refractivity contribution in [2.24, 2.45) is 5.41 Å². The van der Waals surface area contributed by atoms with Crippen molar-refractivity contribution in [3.8, 4) is 0 Å². The molecule has 2 nitrogen and oxygen atoms in total. The summed E-state index contributed by atoms with van der Waals surface area (Å²) in [6, 6.07) is 0. The highest BCUT2D eigenvalue weighted by Crippen LogP contribution is 2.56. The predicted octanol–water partition coefficient (Wildman–Crippen LogP) is 1.45. The summed E-state index contributed by atoms with van der Waals surface area (Å²) in [6.45, 7) is -0.0347. The lowest BCUT2D eigenvalue weighted by Gasteiger charge is -2.38. The Labute approximate surface area is 73.6 Å². The van der Waals surface area contributed by atoms with Crippen LogP contribution >= 0.6 is 0 Å². The Morgan fingerprint density at radius 3 is 2.08 bits per heavy atom. The Morgan fingerprint density at radius 1 is 0.917 bits per heavy atom. The Bertz CT molecular complexity index is 167. The van der Waals surface area contributed by atoms with E-state index in [4.69, 9.17) is 0 Å². The second kappa shape index (κ2) is 2.71. The van der Waals surface area contributed by atoms with Crippen LogP contribution in [-0.4, -0.2) is 22.4 Å². The maximum absolute atomic E-state index is 10.2. The quantitative estimate of drug-likeness (QED) is 0.625. The van der Waals surface area contributed by atoms with Crippen LogP contribution in [0.25, 0.3) is 0 Å². The van der Waals surface area contributed by atoms with E-state index < -0.39 is 5.60 Å². The average molecular weight is 170 g/mol. The Morgan fingerprint density at radius 2 is 1.50 bits per heavy atom. The molecule has 2 rings (SSSR count). The van der Waals surface area contributed by atoms with Crippen LogP contribution in [0.5, 0.6) is 0 Å². The minimum absolute atomic E-state index is 0.0347. The fourth-order valence-corrected chi connectivity index (χ4v) is 3.23. The van der Waals surface area contributed by atoms with Gasteiger partial charge < -0.3 is 10.2 Å². The van der Waals surface area contributed by atoms with E-state index in [1.807, 2.05) is 0 Å². The van der Waals surface area contributed by atoms with Gasteiger partial charge in [0.2, 0.25) is 0 Å². The van der Waals surface area contributed by atoms with E-state index in [0.29, 0.717) is 0 Å². The molecule has 2 aliphatic rings. The predicted molar refractivity (Wildman–Crippen MR) is 46.8 cm³/mol. The van der Waals surface area contributed by atoms with Gasteiger partial charge in [-0.1, -0.05) is 12.8 Å². The third-order valence-electron chi connectivity index (χ3n) is 4.06. The first kappa shape index (κ1) is 8.52. The third-order valence-corrected chi connectivity index (χ3v) is 4.06. The van der Waals surface area contributed by atoms with Gasteiger partial charge in [0.15, 0.2) is 0 Å². The molecule has 2 fully saturated rings. The molecule has 1 atom stereocenters. The van der Waals surface area contributed by atoms with Crippen LogP contribution in [0.1, 0.15) is 44.9 Å². The first-order valence-corrected chi connectivity index (χ1v) is 5.06. The third kappa shape index (κ3) is 0.944. The van der Waals surface area contributed by atoms with Crippen molar-refractivity contribution in [3.05, 3.63) is 0 Å². The second-order valence-corrected chi connectivity index (χ2v) is 4.53. The van der Waals surface area contributed by atoms with Crippen molar-refractivity contribution in [2.45, 2.75) is 50.5 Å². The monoisotopic (exact) mass is 170 g/mol. The Kier molecular flexibility index (Phi) is 1.92. The zero-order valence-corrected chi connectivity index (χ0v) is 7.55. The largest absolute Gasteiger partial charge is 0.393 e. The average Bonchev–Trinajstić information content (AvgIpc) is 2.64. The molecule has 1 spiro atoms.